The molecule has 7 heteroatoms. The number of aromatic nitrogens is 1. The molecule has 1 aliphatic heterocycles. The molecule has 2 rings (SSSR count). The second-order valence-corrected chi connectivity index (χ2v) is 5.42. The van der Waals surface area contributed by atoms with E-state index in [0.717, 1.165) is 12.1 Å². The highest BCUT2D eigenvalue weighted by Gasteiger charge is 2.39. The van der Waals surface area contributed by atoms with Crippen molar-refractivity contribution in [3.8, 4) is 0 Å². The van der Waals surface area contributed by atoms with Gasteiger partial charge in [0.2, 0.25) is 0 Å². The molecule has 0 saturated carbocycles. The van der Waals surface area contributed by atoms with Crippen LogP contribution in [0.3, 0.4) is 0 Å². The van der Waals surface area contributed by atoms with Gasteiger partial charge in [0.1, 0.15) is 6.04 Å². The van der Waals surface area contributed by atoms with Crippen molar-refractivity contribution >= 4 is 23.3 Å². The van der Waals surface area contributed by atoms with Crippen molar-refractivity contribution in [1.82, 2.24) is 15.2 Å². The summed E-state index contributed by atoms with van der Waals surface area (Å²) in [4.78, 5) is 28.7. The van der Waals surface area contributed by atoms with E-state index in [0.29, 0.717) is 19.5 Å². The number of nitrogens with one attached hydrogen (secondary N) is 1. The quantitative estimate of drug-likeness (QED) is 0.869. The molecule has 2 N–H and O–H groups in total. The van der Waals surface area contributed by atoms with E-state index < -0.39 is 12.0 Å². The van der Waals surface area contributed by atoms with Crippen LogP contribution in [-0.2, 0) is 11.2 Å². The zero-order chi connectivity index (χ0) is 13.8. The number of urea groups is 1. The minimum Gasteiger partial charge on any atom is -0.480 e. The van der Waals surface area contributed by atoms with Crippen LogP contribution in [0.5, 0.6) is 0 Å². The van der Waals surface area contributed by atoms with Crippen molar-refractivity contribution in [1.29, 1.82) is 0 Å². The first-order valence-corrected chi connectivity index (χ1v) is 7.18. The number of carboxylic acid groups (broad SMARTS) is 1. The molecule has 0 radical (unpaired) electrons. The van der Waals surface area contributed by atoms with E-state index in [1.165, 1.54) is 16.2 Å². The predicted molar refractivity (Wildman–Crippen MR) is 71.1 cm³/mol. The summed E-state index contributed by atoms with van der Waals surface area (Å²) >= 11 is 1.52. The van der Waals surface area contributed by atoms with Crippen molar-refractivity contribution in [3.63, 3.8) is 0 Å². The van der Waals surface area contributed by atoms with Crippen molar-refractivity contribution in [2.45, 2.75) is 25.8 Å². The lowest BCUT2D eigenvalue weighted by molar-refractivity contribution is -0.142. The van der Waals surface area contributed by atoms with Gasteiger partial charge in [-0.1, -0.05) is 6.92 Å². The molecule has 0 spiro atoms. The molecule has 0 bridgehead atoms. The number of likely N-dealkylation sites (tertiary alicyclic amines) is 1. The molecule has 0 aromatic carbocycles. The lowest BCUT2D eigenvalue weighted by Gasteiger charge is -2.23. The highest BCUT2D eigenvalue weighted by molar-refractivity contribution is 7.07. The van der Waals surface area contributed by atoms with Gasteiger partial charge in [0.05, 0.1) is 11.2 Å². The molecule has 2 amide bonds. The lowest BCUT2D eigenvalue weighted by atomic mass is 10.0. The van der Waals surface area contributed by atoms with E-state index in [-0.39, 0.29) is 11.9 Å². The molecule has 6 nitrogen and oxygen atoms in total. The summed E-state index contributed by atoms with van der Waals surface area (Å²) in [5, 5.41) is 13.8. The van der Waals surface area contributed by atoms with Crippen LogP contribution >= 0.6 is 11.3 Å². The van der Waals surface area contributed by atoms with E-state index in [9.17, 15) is 9.59 Å². The average Bonchev–Trinajstić information content (AvgIpc) is 2.97. The summed E-state index contributed by atoms with van der Waals surface area (Å²) in [6, 6.07) is -1.01. The van der Waals surface area contributed by atoms with Gasteiger partial charge in [-0.15, -0.1) is 11.3 Å². The Morgan fingerprint density at radius 2 is 2.42 bits per heavy atom. The Morgan fingerprint density at radius 3 is 3.05 bits per heavy atom. The largest absolute Gasteiger partial charge is 0.480 e. The van der Waals surface area contributed by atoms with E-state index >= 15 is 0 Å². The topological polar surface area (TPSA) is 82.5 Å². The number of hydrogen-bond donors (Lipinski definition) is 2. The zero-order valence-corrected chi connectivity index (χ0v) is 11.5. The first kappa shape index (κ1) is 13.8. The number of thiazole rings is 1. The molecule has 104 valence electrons. The fourth-order valence-corrected chi connectivity index (χ4v) is 2.90. The Hall–Kier alpha value is -1.63. The molecule has 1 aromatic rings. The van der Waals surface area contributed by atoms with Gasteiger partial charge in [-0.3, -0.25) is 0 Å². The summed E-state index contributed by atoms with van der Waals surface area (Å²) in [7, 11) is 0. The number of aliphatic carboxylic acids is 1. The monoisotopic (exact) mass is 283 g/mol. The standard InChI is InChI=1S/C12H17N3O3S/c1-8-3-5-15(10(8)11(16)17)12(18)13-4-2-9-6-19-7-14-9/h6-8,10H,2-5H2,1H3,(H,13,18)(H,16,17). The van der Waals surface area contributed by atoms with Gasteiger partial charge in [-0.25, -0.2) is 14.6 Å². The SMILES string of the molecule is CC1CCN(C(=O)NCCc2cscn2)C1C(=O)O. The van der Waals surface area contributed by atoms with Gasteiger partial charge in [0.25, 0.3) is 0 Å². The van der Waals surface area contributed by atoms with Crippen molar-refractivity contribution in [2.24, 2.45) is 5.92 Å². The second kappa shape index (κ2) is 6.01. The normalized spacial score (nSPS) is 22.5. The number of carbonyl (C=O) groups is 2. The fourth-order valence-electron chi connectivity index (χ4n) is 2.31. The first-order chi connectivity index (χ1) is 9.09. The molecular weight excluding hydrogens is 266 g/mol. The second-order valence-electron chi connectivity index (χ2n) is 4.70. The number of rotatable bonds is 4. The maximum Gasteiger partial charge on any atom is 0.326 e. The number of hydrogen-bond acceptors (Lipinski definition) is 4. The van der Waals surface area contributed by atoms with Crippen molar-refractivity contribution < 1.29 is 14.7 Å². The highest BCUT2D eigenvalue weighted by atomic mass is 32.1. The third-order valence-corrected chi connectivity index (χ3v) is 3.99. The molecule has 1 saturated heterocycles. The molecular formula is C12H17N3O3S. The maximum atomic E-state index is 12.0. The van der Waals surface area contributed by atoms with Crippen LogP contribution in [0, 0.1) is 5.92 Å². The minimum absolute atomic E-state index is 0.00166. The predicted octanol–water partition coefficient (Wildman–Crippen LogP) is 1.19. The molecule has 1 fully saturated rings. The smallest absolute Gasteiger partial charge is 0.326 e. The number of carbonyl (C=O) groups excluding carboxylic acids is 1. The Bertz CT molecular complexity index is 449. The highest BCUT2D eigenvalue weighted by Crippen LogP contribution is 2.23. The molecule has 0 aliphatic carbocycles. The molecule has 2 atom stereocenters. The minimum atomic E-state index is -0.931. The summed E-state index contributed by atoms with van der Waals surface area (Å²) < 4.78 is 0. The molecule has 2 unspecified atom stereocenters. The van der Waals surface area contributed by atoms with Gasteiger partial charge >= 0.3 is 12.0 Å². The van der Waals surface area contributed by atoms with Crippen molar-refractivity contribution in [3.05, 3.63) is 16.6 Å². The Kier molecular flexibility index (Phi) is 4.36. The van der Waals surface area contributed by atoms with Crippen LogP contribution in [0.25, 0.3) is 0 Å². The summed E-state index contributed by atoms with van der Waals surface area (Å²) in [6.45, 7) is 2.84. The average molecular weight is 283 g/mol. The number of nitrogens with zero attached hydrogens (tertiary/aromatic N) is 2. The van der Waals surface area contributed by atoms with Gasteiger partial charge in [0.15, 0.2) is 0 Å². The molecule has 2 heterocycles. The Morgan fingerprint density at radius 1 is 1.63 bits per heavy atom. The van der Waals surface area contributed by atoms with Crippen LogP contribution in [0.4, 0.5) is 4.79 Å². The maximum absolute atomic E-state index is 12.0. The van der Waals surface area contributed by atoms with Gasteiger partial charge < -0.3 is 15.3 Å². The van der Waals surface area contributed by atoms with Crippen LogP contribution in [0.1, 0.15) is 19.0 Å². The van der Waals surface area contributed by atoms with Gasteiger partial charge in [0, 0.05) is 24.9 Å². The molecule has 1 aliphatic rings. The van der Waals surface area contributed by atoms with Crippen molar-refractivity contribution in [2.75, 3.05) is 13.1 Å². The summed E-state index contributed by atoms with van der Waals surface area (Å²) in [5.74, 6) is -0.929. The number of amides is 2. The van der Waals surface area contributed by atoms with E-state index in [4.69, 9.17) is 5.11 Å². The Balaban J connectivity index is 1.84. The first-order valence-electron chi connectivity index (χ1n) is 6.24. The summed E-state index contributed by atoms with van der Waals surface area (Å²) in [6.07, 6.45) is 1.40. The van der Waals surface area contributed by atoms with E-state index in [2.05, 4.69) is 10.3 Å². The fraction of sp³-hybridized carbons (Fsp3) is 0.583. The van der Waals surface area contributed by atoms with E-state index in [1.54, 1.807) is 5.51 Å². The third kappa shape index (κ3) is 3.23. The lowest BCUT2D eigenvalue weighted by Crippen LogP contribution is -2.47. The van der Waals surface area contributed by atoms with Crippen LogP contribution in [0.2, 0.25) is 0 Å². The van der Waals surface area contributed by atoms with E-state index in [1.807, 2.05) is 12.3 Å². The van der Waals surface area contributed by atoms with Crippen LogP contribution in [0.15, 0.2) is 10.9 Å². The van der Waals surface area contributed by atoms with Gasteiger partial charge in [-0.2, -0.15) is 0 Å². The Labute approximate surface area is 115 Å². The van der Waals surface area contributed by atoms with Crippen LogP contribution in [-0.4, -0.2) is 46.1 Å². The zero-order valence-electron chi connectivity index (χ0n) is 10.7. The number of carboxylic acids is 1. The molecule has 19 heavy (non-hydrogen) atoms. The third-order valence-electron chi connectivity index (χ3n) is 3.35. The van der Waals surface area contributed by atoms with Crippen LogP contribution < -0.4 is 5.32 Å². The summed E-state index contributed by atoms with van der Waals surface area (Å²) in [5.41, 5.74) is 2.69. The molecule has 1 aromatic heterocycles. The van der Waals surface area contributed by atoms with Gasteiger partial charge in [-0.05, 0) is 12.3 Å².